The molecule has 1 rings (SSSR count). The van der Waals surface area contributed by atoms with Gasteiger partial charge >= 0.3 is 5.97 Å². The zero-order valence-corrected chi connectivity index (χ0v) is 10.2. The van der Waals surface area contributed by atoms with Gasteiger partial charge in [0.05, 0.1) is 5.92 Å². The van der Waals surface area contributed by atoms with E-state index < -0.39 is 5.97 Å². The minimum Gasteiger partial charge on any atom is -0.481 e. The van der Waals surface area contributed by atoms with Crippen LogP contribution in [0, 0.1) is 23.7 Å². The molecule has 1 saturated carbocycles. The molecule has 0 saturated heterocycles. The summed E-state index contributed by atoms with van der Waals surface area (Å²) in [5, 5.41) is 9.06. The Bertz CT molecular complexity index is 213. The smallest absolute Gasteiger partial charge is 0.306 e. The predicted molar refractivity (Wildman–Crippen MR) is 61.7 cm³/mol. The number of rotatable bonds is 4. The van der Waals surface area contributed by atoms with Gasteiger partial charge in [-0.05, 0) is 37.0 Å². The molecule has 15 heavy (non-hydrogen) atoms. The Morgan fingerprint density at radius 1 is 1.40 bits per heavy atom. The highest BCUT2D eigenvalue weighted by atomic mass is 16.4. The highest BCUT2D eigenvalue weighted by Crippen LogP contribution is 2.37. The molecule has 0 aromatic carbocycles. The summed E-state index contributed by atoms with van der Waals surface area (Å²) in [6.45, 7) is 6.56. The van der Waals surface area contributed by atoms with Crippen LogP contribution in [0.2, 0.25) is 0 Å². The molecule has 88 valence electrons. The van der Waals surface area contributed by atoms with Gasteiger partial charge in [-0.3, -0.25) is 4.79 Å². The van der Waals surface area contributed by atoms with Gasteiger partial charge in [0.1, 0.15) is 0 Å². The van der Waals surface area contributed by atoms with Gasteiger partial charge in [-0.2, -0.15) is 0 Å². The van der Waals surface area contributed by atoms with Crippen molar-refractivity contribution in [1.29, 1.82) is 0 Å². The standard InChI is InChI=1S/C13H24O2/c1-4-11(13(14)15)8-12-7-9(2)5-6-10(12)3/h9-12H,4-8H2,1-3H3,(H,14,15). The maximum absolute atomic E-state index is 11.0. The molecule has 0 aromatic heterocycles. The molecular formula is C13H24O2. The molecule has 0 radical (unpaired) electrons. The van der Waals surface area contributed by atoms with Crippen LogP contribution in [0.4, 0.5) is 0 Å². The summed E-state index contributed by atoms with van der Waals surface area (Å²) in [4.78, 5) is 11.0. The van der Waals surface area contributed by atoms with Crippen LogP contribution in [0.1, 0.15) is 52.9 Å². The fourth-order valence-corrected chi connectivity index (χ4v) is 2.79. The summed E-state index contributed by atoms with van der Waals surface area (Å²) in [6.07, 6.45) is 5.48. The summed E-state index contributed by atoms with van der Waals surface area (Å²) in [5.41, 5.74) is 0. The normalized spacial score (nSPS) is 33.7. The number of hydrogen-bond donors (Lipinski definition) is 1. The van der Waals surface area contributed by atoms with Crippen LogP contribution in [-0.2, 0) is 4.79 Å². The van der Waals surface area contributed by atoms with Crippen LogP contribution in [0.5, 0.6) is 0 Å². The van der Waals surface area contributed by atoms with E-state index in [0.717, 1.165) is 24.7 Å². The Kier molecular flexibility index (Phi) is 4.62. The van der Waals surface area contributed by atoms with Crippen molar-refractivity contribution in [3.63, 3.8) is 0 Å². The van der Waals surface area contributed by atoms with E-state index in [-0.39, 0.29) is 5.92 Å². The SMILES string of the molecule is CCC(CC1CC(C)CCC1C)C(=O)O. The van der Waals surface area contributed by atoms with E-state index in [1.165, 1.54) is 19.3 Å². The van der Waals surface area contributed by atoms with Gasteiger partial charge in [-0.15, -0.1) is 0 Å². The Morgan fingerprint density at radius 3 is 2.60 bits per heavy atom. The molecule has 2 heteroatoms. The Hall–Kier alpha value is -0.530. The first-order valence-corrected chi connectivity index (χ1v) is 6.27. The van der Waals surface area contributed by atoms with Crippen LogP contribution in [-0.4, -0.2) is 11.1 Å². The van der Waals surface area contributed by atoms with Crippen molar-refractivity contribution in [2.24, 2.45) is 23.7 Å². The Balaban J connectivity index is 2.50. The van der Waals surface area contributed by atoms with Crippen molar-refractivity contribution in [1.82, 2.24) is 0 Å². The number of carbonyl (C=O) groups is 1. The molecule has 2 nitrogen and oxygen atoms in total. The van der Waals surface area contributed by atoms with Crippen LogP contribution in [0.25, 0.3) is 0 Å². The summed E-state index contributed by atoms with van der Waals surface area (Å²) < 4.78 is 0. The first-order valence-electron chi connectivity index (χ1n) is 6.27. The van der Waals surface area contributed by atoms with E-state index in [1.807, 2.05) is 6.92 Å². The minimum absolute atomic E-state index is 0.122. The molecule has 4 unspecified atom stereocenters. The molecule has 0 aromatic rings. The lowest BCUT2D eigenvalue weighted by Crippen LogP contribution is -2.26. The minimum atomic E-state index is -0.608. The number of carboxylic acid groups (broad SMARTS) is 1. The fourth-order valence-electron chi connectivity index (χ4n) is 2.79. The zero-order chi connectivity index (χ0) is 11.4. The van der Waals surface area contributed by atoms with Crippen molar-refractivity contribution in [3.8, 4) is 0 Å². The number of carboxylic acids is 1. The molecule has 0 heterocycles. The predicted octanol–water partition coefficient (Wildman–Crippen LogP) is 3.56. The van der Waals surface area contributed by atoms with E-state index in [0.29, 0.717) is 5.92 Å². The fraction of sp³-hybridized carbons (Fsp3) is 0.923. The van der Waals surface area contributed by atoms with Crippen LogP contribution in [0.15, 0.2) is 0 Å². The summed E-state index contributed by atoms with van der Waals surface area (Å²) in [7, 11) is 0. The van der Waals surface area contributed by atoms with Crippen molar-refractivity contribution in [2.45, 2.75) is 52.9 Å². The van der Waals surface area contributed by atoms with Gasteiger partial charge in [-0.1, -0.05) is 33.6 Å². The van der Waals surface area contributed by atoms with Crippen LogP contribution in [0.3, 0.4) is 0 Å². The second kappa shape index (κ2) is 5.53. The number of hydrogen-bond acceptors (Lipinski definition) is 1. The second-order valence-corrected chi connectivity index (χ2v) is 5.33. The lowest BCUT2D eigenvalue weighted by Gasteiger charge is -2.34. The van der Waals surface area contributed by atoms with Crippen molar-refractivity contribution in [3.05, 3.63) is 0 Å². The van der Waals surface area contributed by atoms with E-state index in [9.17, 15) is 4.79 Å². The van der Waals surface area contributed by atoms with Gasteiger partial charge in [0.25, 0.3) is 0 Å². The molecule has 0 amide bonds. The largest absolute Gasteiger partial charge is 0.481 e. The molecule has 1 N–H and O–H groups in total. The highest BCUT2D eigenvalue weighted by molar-refractivity contribution is 5.69. The van der Waals surface area contributed by atoms with Gasteiger partial charge in [-0.25, -0.2) is 0 Å². The van der Waals surface area contributed by atoms with Gasteiger partial charge < -0.3 is 5.11 Å². The molecule has 4 atom stereocenters. The molecule has 0 bridgehead atoms. The lowest BCUT2D eigenvalue weighted by molar-refractivity contribution is -0.142. The number of aliphatic carboxylic acids is 1. The maximum Gasteiger partial charge on any atom is 0.306 e. The van der Waals surface area contributed by atoms with Crippen molar-refractivity contribution in [2.75, 3.05) is 0 Å². The van der Waals surface area contributed by atoms with E-state index >= 15 is 0 Å². The molecule has 0 aliphatic heterocycles. The zero-order valence-electron chi connectivity index (χ0n) is 10.2. The summed E-state index contributed by atoms with van der Waals surface area (Å²) >= 11 is 0. The van der Waals surface area contributed by atoms with Crippen LogP contribution < -0.4 is 0 Å². The topological polar surface area (TPSA) is 37.3 Å². The van der Waals surface area contributed by atoms with Crippen molar-refractivity contribution < 1.29 is 9.90 Å². The van der Waals surface area contributed by atoms with Gasteiger partial charge in [0, 0.05) is 0 Å². The third kappa shape index (κ3) is 3.51. The van der Waals surface area contributed by atoms with Gasteiger partial charge in [0.15, 0.2) is 0 Å². The van der Waals surface area contributed by atoms with E-state index in [1.54, 1.807) is 0 Å². The van der Waals surface area contributed by atoms with Crippen molar-refractivity contribution >= 4 is 5.97 Å². The average Bonchev–Trinajstić information content (AvgIpc) is 2.18. The third-order valence-electron chi connectivity index (χ3n) is 4.05. The lowest BCUT2D eigenvalue weighted by atomic mass is 9.72. The Morgan fingerprint density at radius 2 is 2.07 bits per heavy atom. The van der Waals surface area contributed by atoms with E-state index in [2.05, 4.69) is 13.8 Å². The van der Waals surface area contributed by atoms with Gasteiger partial charge in [0.2, 0.25) is 0 Å². The molecule has 1 aliphatic carbocycles. The average molecular weight is 212 g/mol. The molecular weight excluding hydrogens is 188 g/mol. The first-order chi connectivity index (χ1) is 7.04. The third-order valence-corrected chi connectivity index (χ3v) is 4.05. The Labute approximate surface area is 93.1 Å². The quantitative estimate of drug-likeness (QED) is 0.773. The van der Waals surface area contributed by atoms with E-state index in [4.69, 9.17) is 5.11 Å². The summed E-state index contributed by atoms with van der Waals surface area (Å²) in [6, 6.07) is 0. The second-order valence-electron chi connectivity index (χ2n) is 5.33. The highest BCUT2D eigenvalue weighted by Gasteiger charge is 2.29. The molecule has 1 aliphatic rings. The molecule has 0 spiro atoms. The summed E-state index contributed by atoms with van der Waals surface area (Å²) in [5.74, 6) is 1.41. The monoisotopic (exact) mass is 212 g/mol. The molecule has 1 fully saturated rings. The van der Waals surface area contributed by atoms with Crippen LogP contribution >= 0.6 is 0 Å². The maximum atomic E-state index is 11.0. The first kappa shape index (κ1) is 12.5.